The largest absolute Gasteiger partial charge is 0.365 e. The van der Waals surface area contributed by atoms with Gasteiger partial charge in [-0.15, -0.1) is 0 Å². The van der Waals surface area contributed by atoms with Crippen molar-refractivity contribution in [3.05, 3.63) is 10.1 Å². The summed E-state index contributed by atoms with van der Waals surface area (Å²) in [4.78, 5) is 13.4. The standard InChI is InChI=1S/C4H10N4O2/c1-3(2)6-4(5)7-8(9)10/h3H,1-2H3,(H3,5,6,7). The van der Waals surface area contributed by atoms with Crippen molar-refractivity contribution >= 4 is 5.96 Å². The molecule has 0 aromatic heterocycles. The number of rotatable bonds is 2. The van der Waals surface area contributed by atoms with Gasteiger partial charge in [-0.3, -0.25) is 0 Å². The molecule has 0 bridgehead atoms. The lowest BCUT2D eigenvalue weighted by Crippen LogP contribution is -2.36. The average Bonchev–Trinajstić information content (AvgIpc) is 1.58. The predicted molar refractivity (Wildman–Crippen MR) is 36.9 cm³/mol. The van der Waals surface area contributed by atoms with Crippen molar-refractivity contribution < 1.29 is 5.03 Å². The summed E-state index contributed by atoms with van der Waals surface area (Å²) < 4.78 is 0. The van der Waals surface area contributed by atoms with Crippen molar-refractivity contribution in [1.29, 1.82) is 0 Å². The minimum absolute atomic E-state index is 0.0348. The number of aliphatic imine (C=N–C) groups is 1. The number of nitrogens with two attached hydrogens (primary N) is 1. The lowest BCUT2D eigenvalue weighted by molar-refractivity contribution is -0.525. The Bertz CT molecular complexity index is 153. The fourth-order valence-electron chi connectivity index (χ4n) is 0.401. The molecule has 0 aliphatic heterocycles. The molecular weight excluding hydrogens is 136 g/mol. The van der Waals surface area contributed by atoms with Crippen LogP contribution in [0.15, 0.2) is 4.99 Å². The topological polar surface area (TPSA) is 93.5 Å². The van der Waals surface area contributed by atoms with E-state index in [9.17, 15) is 10.1 Å². The first-order valence-electron chi connectivity index (χ1n) is 2.76. The molecule has 0 saturated carbocycles. The summed E-state index contributed by atoms with van der Waals surface area (Å²) in [6.07, 6.45) is 0. The van der Waals surface area contributed by atoms with E-state index in [2.05, 4.69) is 4.99 Å². The smallest absolute Gasteiger partial charge is 0.251 e. The zero-order chi connectivity index (χ0) is 8.15. The molecule has 3 N–H and O–H groups in total. The number of hydrazine groups is 1. The maximum absolute atomic E-state index is 9.72. The predicted octanol–water partition coefficient (Wildman–Crippen LogP) is -0.509. The Balaban J connectivity index is 3.82. The number of guanidine groups is 1. The summed E-state index contributed by atoms with van der Waals surface area (Å²) in [6.45, 7) is 3.54. The summed E-state index contributed by atoms with van der Waals surface area (Å²) >= 11 is 0. The van der Waals surface area contributed by atoms with Crippen molar-refractivity contribution in [1.82, 2.24) is 5.43 Å². The maximum Gasteiger partial charge on any atom is 0.251 e. The molecule has 10 heavy (non-hydrogen) atoms. The minimum atomic E-state index is -0.749. The molecule has 0 atom stereocenters. The second-order valence-electron chi connectivity index (χ2n) is 1.98. The summed E-state index contributed by atoms with van der Waals surface area (Å²) in [7, 11) is 0. The highest BCUT2D eigenvalue weighted by molar-refractivity contribution is 5.76. The van der Waals surface area contributed by atoms with E-state index in [1.165, 1.54) is 0 Å². The third-order valence-electron chi connectivity index (χ3n) is 0.603. The molecule has 0 amide bonds. The number of nitrogens with one attached hydrogen (secondary N) is 1. The molecule has 0 unspecified atom stereocenters. The molecule has 0 radical (unpaired) electrons. The van der Waals surface area contributed by atoms with Gasteiger partial charge in [0.15, 0.2) is 5.03 Å². The molecule has 0 saturated heterocycles. The fraction of sp³-hybridized carbons (Fsp3) is 0.750. The highest BCUT2D eigenvalue weighted by Crippen LogP contribution is 1.82. The first kappa shape index (κ1) is 8.67. The Morgan fingerprint density at radius 3 is 2.60 bits per heavy atom. The van der Waals surface area contributed by atoms with Crippen LogP contribution in [0.25, 0.3) is 0 Å². The molecule has 0 spiro atoms. The van der Waals surface area contributed by atoms with Gasteiger partial charge in [0.25, 0.3) is 5.96 Å². The van der Waals surface area contributed by atoms with Gasteiger partial charge >= 0.3 is 0 Å². The summed E-state index contributed by atoms with van der Waals surface area (Å²) in [5.74, 6) is -0.167. The van der Waals surface area contributed by atoms with Crippen molar-refractivity contribution in [2.75, 3.05) is 0 Å². The molecular formula is C4H10N4O2. The number of nitrogens with zero attached hydrogens (tertiary/aromatic N) is 2. The van der Waals surface area contributed by atoms with Crippen LogP contribution in [0.4, 0.5) is 0 Å². The molecule has 0 fully saturated rings. The summed E-state index contributed by atoms with van der Waals surface area (Å²) in [6, 6.07) is -0.0348. The monoisotopic (exact) mass is 146 g/mol. The second-order valence-corrected chi connectivity index (χ2v) is 1.98. The van der Waals surface area contributed by atoms with Crippen LogP contribution >= 0.6 is 0 Å². The highest BCUT2D eigenvalue weighted by atomic mass is 16.7. The van der Waals surface area contributed by atoms with E-state index in [0.29, 0.717) is 0 Å². The Morgan fingerprint density at radius 1 is 1.80 bits per heavy atom. The lowest BCUT2D eigenvalue weighted by Gasteiger charge is -1.97. The zero-order valence-electron chi connectivity index (χ0n) is 5.87. The zero-order valence-corrected chi connectivity index (χ0v) is 5.87. The van der Waals surface area contributed by atoms with Gasteiger partial charge < -0.3 is 5.73 Å². The summed E-state index contributed by atoms with van der Waals surface area (Å²) in [5, 5.41) is 8.98. The molecule has 0 aromatic carbocycles. The number of hydrogen-bond acceptors (Lipinski definition) is 3. The molecule has 6 heteroatoms. The number of nitro groups is 1. The molecule has 6 nitrogen and oxygen atoms in total. The highest BCUT2D eigenvalue weighted by Gasteiger charge is 1.98. The van der Waals surface area contributed by atoms with Crippen LogP contribution in [-0.2, 0) is 0 Å². The van der Waals surface area contributed by atoms with E-state index in [1.54, 1.807) is 19.3 Å². The van der Waals surface area contributed by atoms with Crippen LogP contribution in [0.5, 0.6) is 0 Å². The van der Waals surface area contributed by atoms with Gasteiger partial charge in [0.05, 0.1) is 0 Å². The Morgan fingerprint density at radius 2 is 2.30 bits per heavy atom. The second kappa shape index (κ2) is 3.65. The van der Waals surface area contributed by atoms with E-state index in [1.807, 2.05) is 0 Å². The SMILES string of the molecule is CC(C)N=C(N)N[N+](=O)[O-]. The van der Waals surface area contributed by atoms with Crippen LogP contribution in [-0.4, -0.2) is 17.0 Å². The van der Waals surface area contributed by atoms with E-state index in [-0.39, 0.29) is 12.0 Å². The Hall–Kier alpha value is -1.33. The van der Waals surface area contributed by atoms with E-state index in [0.717, 1.165) is 0 Å². The van der Waals surface area contributed by atoms with Crippen LogP contribution in [0.2, 0.25) is 0 Å². The van der Waals surface area contributed by atoms with Crippen molar-refractivity contribution in [2.24, 2.45) is 10.7 Å². The maximum atomic E-state index is 9.72. The van der Waals surface area contributed by atoms with Gasteiger partial charge in [-0.25, -0.2) is 15.1 Å². The number of hydrogen-bond donors (Lipinski definition) is 2. The molecule has 0 aromatic rings. The van der Waals surface area contributed by atoms with E-state index in [4.69, 9.17) is 5.73 Å². The van der Waals surface area contributed by atoms with Gasteiger partial charge in [0.2, 0.25) is 0 Å². The van der Waals surface area contributed by atoms with Gasteiger partial charge in [-0.2, -0.15) is 0 Å². The first-order valence-corrected chi connectivity index (χ1v) is 2.76. The van der Waals surface area contributed by atoms with Crippen LogP contribution in [0.3, 0.4) is 0 Å². The quantitative estimate of drug-likeness (QED) is 0.237. The normalized spacial score (nSPS) is 11.7. The summed E-state index contributed by atoms with van der Waals surface area (Å²) in [5.41, 5.74) is 6.80. The third kappa shape index (κ3) is 4.82. The van der Waals surface area contributed by atoms with Gasteiger partial charge in [0, 0.05) is 6.04 Å². The molecule has 0 heterocycles. The van der Waals surface area contributed by atoms with Crippen molar-refractivity contribution in [3.63, 3.8) is 0 Å². The van der Waals surface area contributed by atoms with Crippen LogP contribution in [0.1, 0.15) is 13.8 Å². The molecule has 0 aliphatic carbocycles. The van der Waals surface area contributed by atoms with E-state index >= 15 is 0 Å². The fourth-order valence-corrected chi connectivity index (χ4v) is 0.401. The van der Waals surface area contributed by atoms with Gasteiger partial charge in [-0.05, 0) is 13.8 Å². The average molecular weight is 146 g/mol. The Labute approximate surface area is 58.2 Å². The van der Waals surface area contributed by atoms with E-state index < -0.39 is 5.03 Å². The lowest BCUT2D eigenvalue weighted by atomic mass is 10.4. The molecule has 0 aliphatic rings. The minimum Gasteiger partial charge on any atom is -0.365 e. The third-order valence-corrected chi connectivity index (χ3v) is 0.603. The molecule has 0 rings (SSSR count). The van der Waals surface area contributed by atoms with Gasteiger partial charge in [0.1, 0.15) is 0 Å². The molecule has 58 valence electrons. The van der Waals surface area contributed by atoms with Crippen molar-refractivity contribution in [2.45, 2.75) is 19.9 Å². The Kier molecular flexibility index (Phi) is 3.16. The first-order chi connectivity index (χ1) is 4.52. The van der Waals surface area contributed by atoms with Crippen molar-refractivity contribution in [3.8, 4) is 0 Å². The van der Waals surface area contributed by atoms with Crippen LogP contribution in [0, 0.1) is 10.1 Å². The van der Waals surface area contributed by atoms with Gasteiger partial charge in [-0.1, -0.05) is 5.43 Å². The van der Waals surface area contributed by atoms with Crippen LogP contribution < -0.4 is 11.2 Å².